The molecule has 0 atom stereocenters. The normalized spacial score (nSPS) is 10.2. The van der Waals surface area contributed by atoms with Crippen molar-refractivity contribution in [2.24, 2.45) is 0 Å². The number of hydrogen-bond donors (Lipinski definition) is 2. The Balaban J connectivity index is 1.81. The van der Waals surface area contributed by atoms with E-state index < -0.39 is 11.8 Å². The maximum absolute atomic E-state index is 11.7. The fraction of sp³-hybridized carbons (Fsp3) is 0.222. The molecule has 0 spiro atoms. The highest BCUT2D eigenvalue weighted by molar-refractivity contribution is 6.39. The average molecular weight is 363 g/mol. The lowest BCUT2D eigenvalue weighted by Gasteiger charge is -2.09. The Kier molecular flexibility index (Phi) is 7.25. The van der Waals surface area contributed by atoms with Crippen LogP contribution in [0.15, 0.2) is 48.5 Å². The zero-order valence-corrected chi connectivity index (χ0v) is 14.5. The molecule has 2 aromatic carbocycles. The molecule has 7 heteroatoms. The van der Waals surface area contributed by atoms with E-state index in [9.17, 15) is 9.59 Å². The SMILES string of the molecule is COCCNC(=O)C(=O)Nc1ccc(OCc2ccc(Cl)cc2)cc1. The van der Waals surface area contributed by atoms with Crippen LogP contribution in [0.2, 0.25) is 5.02 Å². The molecule has 132 valence electrons. The van der Waals surface area contributed by atoms with E-state index in [1.807, 2.05) is 12.1 Å². The van der Waals surface area contributed by atoms with E-state index in [0.29, 0.717) is 29.7 Å². The van der Waals surface area contributed by atoms with Crippen LogP contribution in [0.3, 0.4) is 0 Å². The third kappa shape index (κ3) is 6.45. The highest BCUT2D eigenvalue weighted by Crippen LogP contribution is 2.17. The van der Waals surface area contributed by atoms with Gasteiger partial charge in [0, 0.05) is 24.4 Å². The number of methoxy groups -OCH3 is 1. The molecular weight excluding hydrogens is 344 g/mol. The highest BCUT2D eigenvalue weighted by atomic mass is 35.5. The summed E-state index contributed by atoms with van der Waals surface area (Å²) >= 11 is 5.84. The van der Waals surface area contributed by atoms with Crippen molar-refractivity contribution in [3.8, 4) is 5.75 Å². The molecule has 2 aromatic rings. The smallest absolute Gasteiger partial charge is 0.313 e. The summed E-state index contributed by atoms with van der Waals surface area (Å²) in [6, 6.07) is 14.1. The maximum atomic E-state index is 11.7. The standard InChI is InChI=1S/C18H19ClN2O4/c1-24-11-10-20-17(22)18(23)21-15-6-8-16(9-7-15)25-12-13-2-4-14(19)5-3-13/h2-9H,10-12H2,1H3,(H,20,22)(H,21,23). The topological polar surface area (TPSA) is 76.7 Å². The van der Waals surface area contributed by atoms with Gasteiger partial charge in [-0.1, -0.05) is 23.7 Å². The molecule has 0 aliphatic heterocycles. The summed E-state index contributed by atoms with van der Waals surface area (Å²) in [7, 11) is 1.52. The molecule has 0 heterocycles. The van der Waals surface area contributed by atoms with Crippen LogP contribution in [-0.2, 0) is 20.9 Å². The first-order chi connectivity index (χ1) is 12.1. The summed E-state index contributed by atoms with van der Waals surface area (Å²) < 4.78 is 10.5. The van der Waals surface area contributed by atoms with Gasteiger partial charge in [0.15, 0.2) is 0 Å². The van der Waals surface area contributed by atoms with Gasteiger partial charge in [-0.15, -0.1) is 0 Å². The van der Waals surface area contributed by atoms with Gasteiger partial charge in [0.1, 0.15) is 12.4 Å². The van der Waals surface area contributed by atoms with Gasteiger partial charge >= 0.3 is 11.8 Å². The molecule has 0 saturated carbocycles. The molecule has 2 rings (SSSR count). The van der Waals surface area contributed by atoms with Gasteiger partial charge in [0.25, 0.3) is 0 Å². The molecule has 0 aliphatic carbocycles. The molecule has 0 bridgehead atoms. The first-order valence-corrected chi connectivity index (χ1v) is 8.01. The molecule has 6 nitrogen and oxygen atoms in total. The highest BCUT2D eigenvalue weighted by Gasteiger charge is 2.12. The van der Waals surface area contributed by atoms with Crippen molar-refractivity contribution in [2.75, 3.05) is 25.6 Å². The van der Waals surface area contributed by atoms with Gasteiger partial charge in [-0.25, -0.2) is 0 Å². The summed E-state index contributed by atoms with van der Waals surface area (Å²) in [5, 5.41) is 5.64. The summed E-state index contributed by atoms with van der Waals surface area (Å²) in [6.07, 6.45) is 0. The molecule has 0 unspecified atom stereocenters. The maximum Gasteiger partial charge on any atom is 0.313 e. The molecule has 0 aromatic heterocycles. The van der Waals surface area contributed by atoms with Gasteiger partial charge in [0.2, 0.25) is 0 Å². The number of halogens is 1. The van der Waals surface area contributed by atoms with Gasteiger partial charge in [0.05, 0.1) is 6.61 Å². The van der Waals surface area contributed by atoms with E-state index in [1.54, 1.807) is 36.4 Å². The quantitative estimate of drug-likeness (QED) is 0.586. The monoisotopic (exact) mass is 362 g/mol. The van der Waals surface area contributed by atoms with Crippen molar-refractivity contribution in [1.29, 1.82) is 0 Å². The molecule has 0 saturated heterocycles. The number of carbonyl (C=O) groups is 2. The summed E-state index contributed by atoms with van der Waals surface area (Å²) in [4.78, 5) is 23.3. The average Bonchev–Trinajstić information content (AvgIpc) is 2.62. The predicted molar refractivity (Wildman–Crippen MR) is 95.7 cm³/mol. The number of anilines is 1. The van der Waals surface area contributed by atoms with Crippen molar-refractivity contribution in [3.05, 3.63) is 59.1 Å². The third-order valence-corrected chi connectivity index (χ3v) is 3.48. The number of hydrogen-bond acceptors (Lipinski definition) is 4. The van der Waals surface area contributed by atoms with Crippen LogP contribution in [0.1, 0.15) is 5.56 Å². The molecule has 0 radical (unpaired) electrons. The van der Waals surface area contributed by atoms with Crippen LogP contribution in [0.4, 0.5) is 5.69 Å². The molecule has 25 heavy (non-hydrogen) atoms. The fourth-order valence-electron chi connectivity index (χ4n) is 1.92. The van der Waals surface area contributed by atoms with Crippen LogP contribution in [0.25, 0.3) is 0 Å². The molecule has 2 N–H and O–H groups in total. The van der Waals surface area contributed by atoms with Crippen LogP contribution < -0.4 is 15.4 Å². The Morgan fingerprint density at radius 1 is 1.00 bits per heavy atom. The van der Waals surface area contributed by atoms with Crippen LogP contribution >= 0.6 is 11.6 Å². The van der Waals surface area contributed by atoms with Gasteiger partial charge in [-0.05, 0) is 42.0 Å². The van der Waals surface area contributed by atoms with Crippen LogP contribution in [0, 0.1) is 0 Å². The zero-order valence-electron chi connectivity index (χ0n) is 13.8. The lowest BCUT2D eigenvalue weighted by Crippen LogP contribution is -2.37. The van der Waals surface area contributed by atoms with E-state index in [-0.39, 0.29) is 6.54 Å². The second-order valence-electron chi connectivity index (χ2n) is 5.14. The Bertz CT molecular complexity index is 702. The third-order valence-electron chi connectivity index (χ3n) is 3.23. The number of ether oxygens (including phenoxy) is 2. The summed E-state index contributed by atoms with van der Waals surface area (Å²) in [5.41, 5.74) is 1.50. The summed E-state index contributed by atoms with van der Waals surface area (Å²) in [6.45, 7) is 1.03. The van der Waals surface area contributed by atoms with Crippen molar-refractivity contribution in [2.45, 2.75) is 6.61 Å². The van der Waals surface area contributed by atoms with E-state index in [1.165, 1.54) is 7.11 Å². The number of rotatable bonds is 7. The van der Waals surface area contributed by atoms with E-state index in [0.717, 1.165) is 5.56 Å². The summed E-state index contributed by atoms with van der Waals surface area (Å²) in [5.74, 6) is -0.788. The first-order valence-electron chi connectivity index (χ1n) is 7.64. The van der Waals surface area contributed by atoms with Gasteiger partial charge in [-0.3, -0.25) is 9.59 Å². The lowest BCUT2D eigenvalue weighted by molar-refractivity contribution is -0.136. The minimum Gasteiger partial charge on any atom is -0.489 e. The Morgan fingerprint density at radius 3 is 2.32 bits per heavy atom. The molecular formula is C18H19ClN2O4. The number of carbonyl (C=O) groups excluding carboxylic acids is 2. The van der Waals surface area contributed by atoms with Crippen molar-refractivity contribution >= 4 is 29.1 Å². The molecule has 0 aliphatic rings. The zero-order chi connectivity index (χ0) is 18.1. The van der Waals surface area contributed by atoms with E-state index >= 15 is 0 Å². The number of nitrogens with one attached hydrogen (secondary N) is 2. The molecule has 2 amide bonds. The van der Waals surface area contributed by atoms with Crippen LogP contribution in [0.5, 0.6) is 5.75 Å². The number of benzene rings is 2. The predicted octanol–water partition coefficient (Wildman–Crippen LogP) is 2.62. The number of amides is 2. The second kappa shape index (κ2) is 9.66. The van der Waals surface area contributed by atoms with E-state index in [4.69, 9.17) is 21.1 Å². The largest absolute Gasteiger partial charge is 0.489 e. The van der Waals surface area contributed by atoms with E-state index in [2.05, 4.69) is 10.6 Å². The van der Waals surface area contributed by atoms with Crippen molar-refractivity contribution in [3.63, 3.8) is 0 Å². The first kappa shape index (κ1) is 18.8. The Hall–Kier alpha value is -2.57. The van der Waals surface area contributed by atoms with Crippen molar-refractivity contribution < 1.29 is 19.1 Å². The minimum absolute atomic E-state index is 0.278. The lowest BCUT2D eigenvalue weighted by atomic mass is 10.2. The van der Waals surface area contributed by atoms with Crippen LogP contribution in [-0.4, -0.2) is 32.1 Å². The molecule has 0 fully saturated rings. The van der Waals surface area contributed by atoms with Crippen molar-refractivity contribution in [1.82, 2.24) is 5.32 Å². The Labute approximate surface area is 151 Å². The minimum atomic E-state index is -0.731. The van der Waals surface area contributed by atoms with Gasteiger partial charge in [-0.2, -0.15) is 0 Å². The Morgan fingerprint density at radius 2 is 1.68 bits per heavy atom. The second-order valence-corrected chi connectivity index (χ2v) is 5.58. The fourth-order valence-corrected chi connectivity index (χ4v) is 2.04. The van der Waals surface area contributed by atoms with Gasteiger partial charge < -0.3 is 20.1 Å².